The SMILES string of the molecule is NCC(=O)NCC(=O)NC1CC(c2ccccc2)C1. The first-order valence-electron chi connectivity index (χ1n) is 6.50. The van der Waals surface area contributed by atoms with Crippen LogP contribution in [0, 0.1) is 0 Å². The van der Waals surface area contributed by atoms with Crippen LogP contribution in [0.3, 0.4) is 0 Å². The Hall–Kier alpha value is -1.88. The molecule has 0 aromatic heterocycles. The molecule has 1 aromatic carbocycles. The molecular weight excluding hydrogens is 242 g/mol. The summed E-state index contributed by atoms with van der Waals surface area (Å²) in [5, 5.41) is 5.35. The Morgan fingerprint density at radius 1 is 1.16 bits per heavy atom. The Balaban J connectivity index is 1.67. The number of hydrogen-bond acceptors (Lipinski definition) is 3. The third kappa shape index (κ3) is 3.79. The van der Waals surface area contributed by atoms with Gasteiger partial charge in [0.15, 0.2) is 0 Å². The predicted molar refractivity (Wildman–Crippen MR) is 72.4 cm³/mol. The van der Waals surface area contributed by atoms with Crippen LogP contribution in [-0.4, -0.2) is 30.9 Å². The van der Waals surface area contributed by atoms with E-state index in [9.17, 15) is 9.59 Å². The van der Waals surface area contributed by atoms with Gasteiger partial charge in [-0.25, -0.2) is 0 Å². The van der Waals surface area contributed by atoms with Crippen molar-refractivity contribution in [3.8, 4) is 0 Å². The first kappa shape index (κ1) is 13.5. The van der Waals surface area contributed by atoms with E-state index in [1.807, 2.05) is 18.2 Å². The third-order valence-electron chi connectivity index (χ3n) is 3.41. The minimum Gasteiger partial charge on any atom is -0.352 e. The number of amides is 2. The molecule has 0 bridgehead atoms. The van der Waals surface area contributed by atoms with E-state index in [0.717, 1.165) is 12.8 Å². The van der Waals surface area contributed by atoms with Crippen molar-refractivity contribution >= 4 is 11.8 Å². The summed E-state index contributed by atoms with van der Waals surface area (Å²) in [6, 6.07) is 10.5. The molecular formula is C14H19N3O2. The zero-order valence-corrected chi connectivity index (χ0v) is 10.8. The standard InChI is InChI=1S/C14H19N3O2/c15-8-13(18)16-9-14(19)17-12-6-11(7-12)10-4-2-1-3-5-10/h1-5,11-12H,6-9,15H2,(H,16,18)(H,17,19). The lowest BCUT2D eigenvalue weighted by Gasteiger charge is -2.36. The van der Waals surface area contributed by atoms with Gasteiger partial charge in [-0.05, 0) is 24.3 Å². The summed E-state index contributed by atoms with van der Waals surface area (Å²) in [5.41, 5.74) is 6.46. The second-order valence-corrected chi connectivity index (χ2v) is 4.82. The van der Waals surface area contributed by atoms with Crippen LogP contribution in [0.1, 0.15) is 24.3 Å². The van der Waals surface area contributed by atoms with Crippen molar-refractivity contribution in [1.29, 1.82) is 0 Å². The average molecular weight is 261 g/mol. The number of carbonyl (C=O) groups excluding carboxylic acids is 2. The van der Waals surface area contributed by atoms with Crippen molar-refractivity contribution in [3.05, 3.63) is 35.9 Å². The topological polar surface area (TPSA) is 84.2 Å². The molecule has 5 nitrogen and oxygen atoms in total. The van der Waals surface area contributed by atoms with E-state index in [0.29, 0.717) is 5.92 Å². The first-order valence-corrected chi connectivity index (χ1v) is 6.50. The van der Waals surface area contributed by atoms with Gasteiger partial charge in [0, 0.05) is 6.04 Å². The van der Waals surface area contributed by atoms with Crippen LogP contribution in [0.25, 0.3) is 0 Å². The molecule has 0 radical (unpaired) electrons. The molecule has 0 atom stereocenters. The summed E-state index contributed by atoms with van der Waals surface area (Å²) in [6.45, 7) is -0.0880. The highest BCUT2D eigenvalue weighted by Gasteiger charge is 2.30. The predicted octanol–water partition coefficient (Wildman–Crippen LogP) is 0.124. The van der Waals surface area contributed by atoms with Gasteiger partial charge in [-0.2, -0.15) is 0 Å². The van der Waals surface area contributed by atoms with Crippen LogP contribution in [0.2, 0.25) is 0 Å². The summed E-state index contributed by atoms with van der Waals surface area (Å²) in [6.07, 6.45) is 1.92. The van der Waals surface area contributed by atoms with Gasteiger partial charge < -0.3 is 16.4 Å². The Kier molecular flexibility index (Phi) is 4.52. The normalized spacial score (nSPS) is 21.3. The van der Waals surface area contributed by atoms with Crippen LogP contribution in [0.4, 0.5) is 0 Å². The Morgan fingerprint density at radius 2 is 1.84 bits per heavy atom. The lowest BCUT2D eigenvalue weighted by atomic mass is 9.76. The van der Waals surface area contributed by atoms with Gasteiger partial charge in [0.25, 0.3) is 0 Å². The zero-order chi connectivity index (χ0) is 13.7. The number of nitrogens with two attached hydrogens (primary N) is 1. The third-order valence-corrected chi connectivity index (χ3v) is 3.41. The lowest BCUT2D eigenvalue weighted by Crippen LogP contribution is -2.47. The zero-order valence-electron chi connectivity index (χ0n) is 10.8. The smallest absolute Gasteiger partial charge is 0.239 e. The number of carbonyl (C=O) groups is 2. The van der Waals surface area contributed by atoms with E-state index < -0.39 is 0 Å². The maximum atomic E-state index is 11.5. The van der Waals surface area contributed by atoms with Crippen LogP contribution < -0.4 is 16.4 Å². The summed E-state index contributed by atoms with van der Waals surface area (Å²) in [4.78, 5) is 22.4. The highest BCUT2D eigenvalue weighted by molar-refractivity contribution is 5.85. The fourth-order valence-corrected chi connectivity index (χ4v) is 2.26. The second kappa shape index (κ2) is 6.33. The lowest BCUT2D eigenvalue weighted by molar-refractivity contribution is -0.126. The van der Waals surface area contributed by atoms with Gasteiger partial charge in [0.05, 0.1) is 13.1 Å². The van der Waals surface area contributed by atoms with Gasteiger partial charge in [-0.1, -0.05) is 30.3 Å². The van der Waals surface area contributed by atoms with Gasteiger partial charge in [-0.3, -0.25) is 9.59 Å². The van der Waals surface area contributed by atoms with Crippen molar-refractivity contribution in [2.75, 3.05) is 13.1 Å². The Morgan fingerprint density at radius 3 is 2.47 bits per heavy atom. The van der Waals surface area contributed by atoms with Crippen molar-refractivity contribution in [1.82, 2.24) is 10.6 Å². The van der Waals surface area contributed by atoms with Crippen molar-refractivity contribution < 1.29 is 9.59 Å². The average Bonchev–Trinajstić information content (AvgIpc) is 2.40. The largest absolute Gasteiger partial charge is 0.352 e. The molecule has 0 unspecified atom stereocenters. The monoisotopic (exact) mass is 261 g/mol. The fourth-order valence-electron chi connectivity index (χ4n) is 2.26. The molecule has 4 N–H and O–H groups in total. The molecule has 5 heteroatoms. The number of benzene rings is 1. The molecule has 0 aliphatic heterocycles. The van der Waals surface area contributed by atoms with Crippen LogP contribution in [0.15, 0.2) is 30.3 Å². The maximum Gasteiger partial charge on any atom is 0.239 e. The summed E-state index contributed by atoms with van der Waals surface area (Å²) in [5.74, 6) is 0.0642. The molecule has 0 heterocycles. The molecule has 19 heavy (non-hydrogen) atoms. The quantitative estimate of drug-likeness (QED) is 0.704. The summed E-state index contributed by atoms with van der Waals surface area (Å²) in [7, 11) is 0. The molecule has 2 amide bonds. The second-order valence-electron chi connectivity index (χ2n) is 4.82. The molecule has 2 rings (SSSR count). The van der Waals surface area contributed by atoms with Crippen molar-refractivity contribution in [2.45, 2.75) is 24.8 Å². The first-order chi connectivity index (χ1) is 9.19. The van der Waals surface area contributed by atoms with E-state index in [-0.39, 0.29) is 30.9 Å². The van der Waals surface area contributed by atoms with Gasteiger partial charge in [-0.15, -0.1) is 0 Å². The molecule has 1 aliphatic carbocycles. The number of hydrogen-bond donors (Lipinski definition) is 3. The molecule has 102 valence electrons. The minimum absolute atomic E-state index is 0.00252. The van der Waals surface area contributed by atoms with E-state index in [1.54, 1.807) is 0 Å². The molecule has 1 fully saturated rings. The van der Waals surface area contributed by atoms with E-state index in [1.165, 1.54) is 5.56 Å². The van der Waals surface area contributed by atoms with E-state index >= 15 is 0 Å². The molecule has 1 saturated carbocycles. The van der Waals surface area contributed by atoms with Crippen LogP contribution in [-0.2, 0) is 9.59 Å². The highest BCUT2D eigenvalue weighted by Crippen LogP contribution is 2.36. The van der Waals surface area contributed by atoms with Crippen LogP contribution in [0.5, 0.6) is 0 Å². The van der Waals surface area contributed by atoms with Crippen molar-refractivity contribution in [3.63, 3.8) is 0 Å². The molecule has 1 aromatic rings. The molecule has 0 saturated heterocycles. The maximum absolute atomic E-state index is 11.5. The Bertz CT molecular complexity index is 441. The summed E-state index contributed by atoms with van der Waals surface area (Å²) < 4.78 is 0. The van der Waals surface area contributed by atoms with Gasteiger partial charge in [0.1, 0.15) is 0 Å². The van der Waals surface area contributed by atoms with Gasteiger partial charge in [0.2, 0.25) is 11.8 Å². The molecule has 1 aliphatic rings. The van der Waals surface area contributed by atoms with E-state index in [2.05, 4.69) is 22.8 Å². The van der Waals surface area contributed by atoms with E-state index in [4.69, 9.17) is 5.73 Å². The fraction of sp³-hybridized carbons (Fsp3) is 0.429. The van der Waals surface area contributed by atoms with Gasteiger partial charge >= 0.3 is 0 Å². The van der Waals surface area contributed by atoms with Crippen molar-refractivity contribution in [2.24, 2.45) is 5.73 Å². The number of rotatable bonds is 5. The summed E-state index contributed by atoms with van der Waals surface area (Å²) >= 11 is 0. The minimum atomic E-state index is -0.314. The molecule has 0 spiro atoms. The van der Waals surface area contributed by atoms with Crippen LogP contribution >= 0.6 is 0 Å². The highest BCUT2D eigenvalue weighted by atomic mass is 16.2. The Labute approximate surface area is 112 Å². The number of nitrogens with one attached hydrogen (secondary N) is 2.